The summed E-state index contributed by atoms with van der Waals surface area (Å²) in [6.45, 7) is 1.44. The molecule has 1 saturated heterocycles. The lowest BCUT2D eigenvalue weighted by Gasteiger charge is -2.30. The van der Waals surface area contributed by atoms with Crippen LogP contribution in [-0.4, -0.2) is 59.5 Å². The average Bonchev–Trinajstić information content (AvgIpc) is 2.68. The number of carbonyl (C=O) groups is 4. The summed E-state index contributed by atoms with van der Waals surface area (Å²) < 4.78 is 43.6. The van der Waals surface area contributed by atoms with Gasteiger partial charge in [0.25, 0.3) is 0 Å². The topological polar surface area (TPSA) is 99.2 Å². The largest absolute Gasteiger partial charge is 0.463 e. The lowest BCUT2D eigenvalue weighted by molar-refractivity contribution is -0.182. The van der Waals surface area contributed by atoms with Gasteiger partial charge in [-0.15, -0.1) is 0 Å². The quantitative estimate of drug-likeness (QED) is 0.527. The molecule has 2 heterocycles. The van der Waals surface area contributed by atoms with E-state index in [0.717, 1.165) is 26.1 Å². The van der Waals surface area contributed by atoms with Gasteiger partial charge in [0.1, 0.15) is 12.7 Å². The molecule has 0 aliphatic carbocycles. The monoisotopic (exact) mass is 347 g/mol. The molecule has 0 bridgehead atoms. The maximum absolute atomic E-state index is 14.6. The summed E-state index contributed by atoms with van der Waals surface area (Å²) >= 11 is 0. The molecule has 2 rings (SSSR count). The number of carbonyl (C=O) groups excluding carboxylic acids is 4. The van der Waals surface area contributed by atoms with Crippen LogP contribution in [0.5, 0.6) is 0 Å². The van der Waals surface area contributed by atoms with Gasteiger partial charge < -0.3 is 14.2 Å². The van der Waals surface area contributed by atoms with Crippen molar-refractivity contribution in [1.82, 2.24) is 4.90 Å². The van der Waals surface area contributed by atoms with Crippen molar-refractivity contribution in [3.05, 3.63) is 12.3 Å². The Morgan fingerprint density at radius 2 is 2.00 bits per heavy atom. The fraction of sp³-hybridized carbons (Fsp3) is 0.571. The van der Waals surface area contributed by atoms with Crippen LogP contribution in [0, 0.1) is 0 Å². The predicted molar refractivity (Wildman–Crippen MR) is 71.4 cm³/mol. The van der Waals surface area contributed by atoms with E-state index in [0.29, 0.717) is 4.90 Å². The van der Waals surface area contributed by atoms with Gasteiger partial charge in [0.05, 0.1) is 6.42 Å². The van der Waals surface area contributed by atoms with Crippen LogP contribution in [0.4, 0.5) is 8.78 Å². The van der Waals surface area contributed by atoms with Crippen LogP contribution < -0.4 is 0 Å². The standard InChI is InChI=1S/C14H15F2NO7/c1-7(18)22-6-10-12(23-8(2)19)14(15,16)13(24-10)17-4-3-9(20)5-11(17)21/h3-4,10,12-13H,5-6H2,1-2H3/t10-,12-,13-/m1/s1. The van der Waals surface area contributed by atoms with Gasteiger partial charge in [-0.05, 0) is 6.08 Å². The molecule has 0 aromatic rings. The highest BCUT2D eigenvalue weighted by molar-refractivity contribution is 6.06. The van der Waals surface area contributed by atoms with Crippen molar-refractivity contribution in [1.29, 1.82) is 0 Å². The maximum atomic E-state index is 14.6. The fourth-order valence-corrected chi connectivity index (χ4v) is 2.38. The van der Waals surface area contributed by atoms with Gasteiger partial charge in [-0.25, -0.2) is 0 Å². The van der Waals surface area contributed by atoms with E-state index in [2.05, 4.69) is 9.47 Å². The van der Waals surface area contributed by atoms with Crippen LogP contribution in [0.3, 0.4) is 0 Å². The second-order valence-corrected chi connectivity index (χ2v) is 5.29. The third kappa shape index (κ3) is 3.58. The Balaban J connectivity index is 2.27. The summed E-state index contributed by atoms with van der Waals surface area (Å²) in [5.74, 6) is -6.87. The van der Waals surface area contributed by atoms with Crippen LogP contribution in [0.1, 0.15) is 20.3 Å². The van der Waals surface area contributed by atoms with Crippen LogP contribution in [0.2, 0.25) is 0 Å². The normalized spacial score (nSPS) is 28.8. The third-order valence-electron chi connectivity index (χ3n) is 3.38. The van der Waals surface area contributed by atoms with E-state index >= 15 is 0 Å². The first kappa shape index (κ1) is 18.0. The highest BCUT2D eigenvalue weighted by Crippen LogP contribution is 2.41. The zero-order chi connectivity index (χ0) is 18.1. The second kappa shape index (κ2) is 6.63. The summed E-state index contributed by atoms with van der Waals surface area (Å²) in [6, 6.07) is 0. The first-order valence-electron chi connectivity index (χ1n) is 6.99. The maximum Gasteiger partial charge on any atom is 0.331 e. The summed E-state index contributed by atoms with van der Waals surface area (Å²) in [5.41, 5.74) is 0. The van der Waals surface area contributed by atoms with Crippen molar-refractivity contribution in [3.63, 3.8) is 0 Å². The number of allylic oxidation sites excluding steroid dienone is 1. The second-order valence-electron chi connectivity index (χ2n) is 5.29. The van der Waals surface area contributed by atoms with E-state index in [9.17, 15) is 28.0 Å². The Morgan fingerprint density at radius 1 is 1.33 bits per heavy atom. The molecule has 8 nitrogen and oxygen atoms in total. The number of amides is 1. The summed E-state index contributed by atoms with van der Waals surface area (Å²) in [5, 5.41) is 0. The van der Waals surface area contributed by atoms with Crippen LogP contribution >= 0.6 is 0 Å². The third-order valence-corrected chi connectivity index (χ3v) is 3.38. The Labute approximate surface area is 135 Å². The molecular formula is C14H15F2NO7. The Hall–Kier alpha value is -2.36. The van der Waals surface area contributed by atoms with Gasteiger partial charge in [0.15, 0.2) is 11.9 Å². The minimum absolute atomic E-state index is 0.523. The van der Waals surface area contributed by atoms with Gasteiger partial charge in [0.2, 0.25) is 12.1 Å². The number of ketones is 1. The van der Waals surface area contributed by atoms with Crippen molar-refractivity contribution < 1.29 is 42.2 Å². The molecule has 10 heteroatoms. The summed E-state index contributed by atoms with van der Waals surface area (Å²) in [7, 11) is 0. The first-order valence-corrected chi connectivity index (χ1v) is 6.99. The zero-order valence-corrected chi connectivity index (χ0v) is 12.9. The van der Waals surface area contributed by atoms with Gasteiger partial charge >= 0.3 is 17.9 Å². The molecule has 1 fully saturated rings. The molecule has 1 amide bonds. The lowest BCUT2D eigenvalue weighted by atomic mass is 10.1. The summed E-state index contributed by atoms with van der Waals surface area (Å²) in [6.07, 6.45) is -4.29. The van der Waals surface area contributed by atoms with Crippen LogP contribution in [0.15, 0.2) is 12.3 Å². The Kier molecular flexibility index (Phi) is 4.97. The van der Waals surface area contributed by atoms with Gasteiger partial charge in [0, 0.05) is 20.0 Å². The van der Waals surface area contributed by atoms with E-state index in [4.69, 9.17) is 4.74 Å². The molecule has 0 saturated carbocycles. The van der Waals surface area contributed by atoms with Crippen molar-refractivity contribution in [2.24, 2.45) is 0 Å². The highest BCUT2D eigenvalue weighted by Gasteiger charge is 2.64. The molecule has 132 valence electrons. The number of ether oxygens (including phenoxy) is 3. The molecule has 0 aromatic heterocycles. The molecule has 2 aliphatic rings. The molecular weight excluding hydrogens is 332 g/mol. The van der Waals surface area contributed by atoms with Crippen molar-refractivity contribution in [3.8, 4) is 0 Å². The van der Waals surface area contributed by atoms with E-state index in [1.807, 2.05) is 0 Å². The highest BCUT2D eigenvalue weighted by atomic mass is 19.3. The van der Waals surface area contributed by atoms with Crippen molar-refractivity contribution in [2.45, 2.75) is 44.6 Å². The van der Waals surface area contributed by atoms with E-state index in [1.165, 1.54) is 0 Å². The average molecular weight is 347 g/mol. The number of rotatable bonds is 4. The molecule has 0 radical (unpaired) electrons. The summed E-state index contributed by atoms with van der Waals surface area (Å²) in [4.78, 5) is 45.5. The van der Waals surface area contributed by atoms with Crippen LogP contribution in [0.25, 0.3) is 0 Å². The van der Waals surface area contributed by atoms with E-state index in [1.54, 1.807) is 0 Å². The number of hydrogen-bond acceptors (Lipinski definition) is 7. The molecule has 0 spiro atoms. The van der Waals surface area contributed by atoms with Crippen molar-refractivity contribution >= 4 is 23.6 Å². The number of alkyl halides is 2. The predicted octanol–water partition coefficient (Wildman–Crippen LogP) is 0.156. The fourth-order valence-electron chi connectivity index (χ4n) is 2.38. The molecule has 0 N–H and O–H groups in total. The number of esters is 2. The number of halogens is 2. The molecule has 2 aliphatic heterocycles. The van der Waals surface area contributed by atoms with Crippen molar-refractivity contribution in [2.75, 3.05) is 6.61 Å². The van der Waals surface area contributed by atoms with Gasteiger partial charge in [-0.1, -0.05) is 0 Å². The molecule has 0 aromatic carbocycles. The minimum atomic E-state index is -3.77. The Morgan fingerprint density at radius 3 is 2.54 bits per heavy atom. The first-order chi connectivity index (χ1) is 11.1. The molecule has 3 atom stereocenters. The van der Waals surface area contributed by atoms with Crippen LogP contribution in [-0.2, 0) is 33.4 Å². The minimum Gasteiger partial charge on any atom is -0.463 e. The Bertz CT molecular complexity index is 604. The smallest absolute Gasteiger partial charge is 0.331 e. The number of nitrogens with zero attached hydrogens (tertiary/aromatic N) is 1. The number of hydrogen-bond donors (Lipinski definition) is 0. The van der Waals surface area contributed by atoms with E-state index in [-0.39, 0.29) is 0 Å². The van der Waals surface area contributed by atoms with Gasteiger partial charge in [-0.2, -0.15) is 8.78 Å². The SMILES string of the molecule is CC(=O)OC[C@H]1O[C@@H](N2C=CC(=O)CC2=O)C(F)(F)[C@@H]1OC(C)=O. The molecule has 0 unspecified atom stereocenters. The van der Waals surface area contributed by atoms with Gasteiger partial charge in [-0.3, -0.25) is 24.1 Å². The lowest BCUT2D eigenvalue weighted by Crippen LogP contribution is -2.51. The zero-order valence-electron chi connectivity index (χ0n) is 12.9. The molecule has 24 heavy (non-hydrogen) atoms. The van der Waals surface area contributed by atoms with E-state index < -0.39 is 61.0 Å².